The lowest BCUT2D eigenvalue weighted by molar-refractivity contribution is -0.482. The highest BCUT2D eigenvalue weighted by Gasteiger charge is 2.62. The van der Waals surface area contributed by atoms with Crippen molar-refractivity contribution in [1.29, 1.82) is 0 Å². The Morgan fingerprint density at radius 2 is 1.68 bits per heavy atom. The Bertz CT molecular complexity index is 1240. The summed E-state index contributed by atoms with van der Waals surface area (Å²) in [4.78, 5) is 13.2. The lowest BCUT2D eigenvalue weighted by atomic mass is 9.90. The predicted octanol–water partition coefficient (Wildman–Crippen LogP) is 3.05. The van der Waals surface area contributed by atoms with Crippen molar-refractivity contribution in [3.63, 3.8) is 0 Å². The van der Waals surface area contributed by atoms with Gasteiger partial charge in [-0.25, -0.2) is 13.2 Å². The van der Waals surface area contributed by atoms with Crippen molar-refractivity contribution in [3.8, 4) is 5.75 Å². The zero-order valence-corrected chi connectivity index (χ0v) is 21.9. The van der Waals surface area contributed by atoms with Crippen molar-refractivity contribution in [2.24, 2.45) is 5.41 Å². The number of fused-ring (bicyclic) bond motifs is 3. The molecule has 4 heterocycles. The molecule has 4 saturated heterocycles. The van der Waals surface area contributed by atoms with Gasteiger partial charge in [-0.1, -0.05) is 31.2 Å². The number of hydrogen-bond acceptors (Lipinski definition) is 7. The Kier molecular flexibility index (Phi) is 6.70. The molecule has 11 heteroatoms. The maximum absolute atomic E-state index is 13.9. The van der Waals surface area contributed by atoms with Gasteiger partial charge in [0.15, 0.2) is 0 Å². The summed E-state index contributed by atoms with van der Waals surface area (Å²) >= 11 is 0. The number of benzene rings is 2. The van der Waals surface area contributed by atoms with Crippen LogP contribution in [-0.2, 0) is 30.8 Å². The van der Waals surface area contributed by atoms with Gasteiger partial charge in [0.1, 0.15) is 18.4 Å². The molecule has 0 aromatic heterocycles. The van der Waals surface area contributed by atoms with Crippen molar-refractivity contribution >= 4 is 16.1 Å². The molecule has 2 atom stereocenters. The van der Waals surface area contributed by atoms with E-state index in [1.807, 2.05) is 38.1 Å². The second-order valence-electron chi connectivity index (χ2n) is 10.2. The zero-order chi connectivity index (χ0) is 26.4. The maximum atomic E-state index is 13.9. The molecule has 1 amide bonds. The van der Waals surface area contributed by atoms with Gasteiger partial charge in [-0.3, -0.25) is 0 Å². The normalized spacial score (nSPS) is 30.3. The first-order chi connectivity index (χ1) is 17.5. The highest BCUT2D eigenvalue weighted by atomic mass is 32.2. The average molecular weight is 533 g/mol. The van der Waals surface area contributed by atoms with Crippen LogP contribution in [0.3, 0.4) is 0 Å². The highest BCUT2D eigenvalue weighted by Crippen LogP contribution is 2.44. The number of carbonyl (C=O) groups is 1. The fraction of sp³-hybridized carbons (Fsp3) is 0.500. The summed E-state index contributed by atoms with van der Waals surface area (Å²) < 4.78 is 52.8. The second kappa shape index (κ2) is 9.55. The summed E-state index contributed by atoms with van der Waals surface area (Å²) in [7, 11) is -4.06. The standard InChI is InChI=1S/C26H32N2O8S/c1-18-6-4-5-7-20(18)14-33-21-8-10-22(11-9-21)37(31,32)28-13-12-27(24(29)30)19(2)23(28)26-34-15-25(3,16-35-26)17-36-26/h4-11,19,23H,12-17H2,1-3H3,(H,29,30). The molecule has 4 aliphatic rings. The highest BCUT2D eigenvalue weighted by molar-refractivity contribution is 7.89. The van der Waals surface area contributed by atoms with E-state index in [0.717, 1.165) is 11.1 Å². The van der Waals surface area contributed by atoms with E-state index in [2.05, 4.69) is 0 Å². The molecule has 1 N–H and O–H groups in total. The molecular formula is C26H32N2O8S. The van der Waals surface area contributed by atoms with Crippen molar-refractivity contribution in [1.82, 2.24) is 9.21 Å². The van der Waals surface area contributed by atoms with Crippen LogP contribution >= 0.6 is 0 Å². The minimum absolute atomic E-state index is 0.0116. The van der Waals surface area contributed by atoms with Gasteiger partial charge in [-0.2, -0.15) is 4.31 Å². The predicted molar refractivity (Wildman–Crippen MR) is 133 cm³/mol. The van der Waals surface area contributed by atoms with Gasteiger partial charge in [0.25, 0.3) is 0 Å². The molecule has 37 heavy (non-hydrogen) atoms. The van der Waals surface area contributed by atoms with Gasteiger partial charge in [0.05, 0.1) is 30.8 Å². The summed E-state index contributed by atoms with van der Waals surface area (Å²) in [6.07, 6.45) is -1.14. The molecule has 6 rings (SSSR count). The van der Waals surface area contributed by atoms with Gasteiger partial charge in [0, 0.05) is 18.5 Å². The van der Waals surface area contributed by atoms with Gasteiger partial charge < -0.3 is 29.0 Å². The lowest BCUT2D eigenvalue weighted by Gasteiger charge is -2.57. The van der Waals surface area contributed by atoms with E-state index in [9.17, 15) is 18.3 Å². The Morgan fingerprint density at radius 1 is 1.05 bits per heavy atom. The first kappa shape index (κ1) is 25.9. The number of amides is 1. The topological polar surface area (TPSA) is 115 Å². The monoisotopic (exact) mass is 532 g/mol. The van der Waals surface area contributed by atoms with E-state index in [4.69, 9.17) is 18.9 Å². The Hall–Kier alpha value is -2.70. The van der Waals surface area contributed by atoms with Crippen LogP contribution in [0.1, 0.15) is 25.0 Å². The minimum atomic E-state index is -4.06. The van der Waals surface area contributed by atoms with Crippen LogP contribution in [-0.4, -0.2) is 79.8 Å². The van der Waals surface area contributed by atoms with Crippen LogP contribution in [0.25, 0.3) is 0 Å². The van der Waals surface area contributed by atoms with Crippen LogP contribution in [0.5, 0.6) is 5.75 Å². The molecule has 2 aromatic rings. The first-order valence-electron chi connectivity index (χ1n) is 12.3. The fourth-order valence-electron chi connectivity index (χ4n) is 5.08. The van der Waals surface area contributed by atoms with Crippen molar-refractivity contribution in [2.75, 3.05) is 32.9 Å². The molecule has 200 valence electrons. The number of aryl methyl sites for hydroxylation is 1. The van der Waals surface area contributed by atoms with Gasteiger partial charge in [-0.15, -0.1) is 0 Å². The number of ether oxygens (including phenoxy) is 4. The molecule has 2 unspecified atom stereocenters. The second-order valence-corrected chi connectivity index (χ2v) is 12.1. The number of rotatable bonds is 6. The average Bonchev–Trinajstić information content (AvgIpc) is 2.89. The van der Waals surface area contributed by atoms with E-state index in [-0.39, 0.29) is 23.4 Å². The van der Waals surface area contributed by atoms with Crippen LogP contribution in [0, 0.1) is 12.3 Å². The number of piperazine rings is 1. The Balaban J connectivity index is 1.40. The molecule has 2 aromatic carbocycles. The van der Waals surface area contributed by atoms with Crippen LogP contribution in [0.15, 0.2) is 53.4 Å². The third-order valence-electron chi connectivity index (χ3n) is 7.38. The Morgan fingerprint density at radius 3 is 2.27 bits per heavy atom. The molecule has 0 radical (unpaired) electrons. The summed E-state index contributed by atoms with van der Waals surface area (Å²) in [5, 5.41) is 9.74. The number of hydrogen-bond donors (Lipinski definition) is 1. The van der Waals surface area contributed by atoms with Crippen molar-refractivity contribution < 1.29 is 37.3 Å². The van der Waals surface area contributed by atoms with E-state index in [1.54, 1.807) is 19.1 Å². The quantitative estimate of drug-likeness (QED) is 0.604. The summed E-state index contributed by atoms with van der Waals surface area (Å²) in [5.41, 5.74) is 1.83. The number of carboxylic acid groups (broad SMARTS) is 1. The minimum Gasteiger partial charge on any atom is -0.489 e. The number of nitrogens with zero attached hydrogens (tertiary/aromatic N) is 2. The van der Waals surface area contributed by atoms with Crippen LogP contribution < -0.4 is 4.74 Å². The van der Waals surface area contributed by atoms with E-state index in [0.29, 0.717) is 32.2 Å². The van der Waals surface area contributed by atoms with Crippen LogP contribution in [0.4, 0.5) is 4.79 Å². The van der Waals surface area contributed by atoms with E-state index >= 15 is 0 Å². The van der Waals surface area contributed by atoms with E-state index < -0.39 is 34.2 Å². The molecule has 0 aliphatic carbocycles. The number of sulfonamides is 1. The third-order valence-corrected chi connectivity index (χ3v) is 9.27. The zero-order valence-electron chi connectivity index (χ0n) is 21.1. The molecule has 4 fully saturated rings. The molecule has 2 bridgehead atoms. The molecular weight excluding hydrogens is 500 g/mol. The largest absolute Gasteiger partial charge is 0.489 e. The molecule has 10 nitrogen and oxygen atoms in total. The van der Waals surface area contributed by atoms with E-state index in [1.165, 1.54) is 21.3 Å². The smallest absolute Gasteiger partial charge is 0.407 e. The van der Waals surface area contributed by atoms with Gasteiger partial charge in [0.2, 0.25) is 10.0 Å². The lowest BCUT2D eigenvalue weighted by Crippen LogP contribution is -2.74. The van der Waals surface area contributed by atoms with Gasteiger partial charge in [-0.05, 0) is 49.2 Å². The van der Waals surface area contributed by atoms with Crippen molar-refractivity contribution in [2.45, 2.75) is 50.3 Å². The van der Waals surface area contributed by atoms with Gasteiger partial charge >= 0.3 is 12.1 Å². The molecule has 4 aliphatic heterocycles. The van der Waals surface area contributed by atoms with Crippen molar-refractivity contribution in [3.05, 3.63) is 59.7 Å². The Labute approximate surface area is 216 Å². The van der Waals surface area contributed by atoms with Crippen LogP contribution in [0.2, 0.25) is 0 Å². The maximum Gasteiger partial charge on any atom is 0.407 e. The summed E-state index contributed by atoms with van der Waals surface area (Å²) in [5.74, 6) is -1.15. The fourth-order valence-corrected chi connectivity index (χ4v) is 6.76. The molecule has 0 spiro atoms. The SMILES string of the molecule is Cc1ccccc1COc1ccc(S(=O)(=O)N2CCN(C(=O)O)C(C)C2C23OCC(C)(CO2)CO3)cc1. The first-order valence-corrected chi connectivity index (χ1v) is 13.7. The molecule has 0 saturated carbocycles. The summed E-state index contributed by atoms with van der Waals surface area (Å²) in [6, 6.07) is 12.3. The summed E-state index contributed by atoms with van der Waals surface area (Å²) in [6.45, 7) is 6.90. The third kappa shape index (κ3) is 4.70.